The van der Waals surface area contributed by atoms with E-state index in [-0.39, 0.29) is 0 Å². The van der Waals surface area contributed by atoms with Crippen molar-refractivity contribution >= 4 is 0 Å². The molecule has 2 N–H and O–H groups in total. The molecule has 0 aliphatic carbocycles. The maximum atomic E-state index is 3.54. The summed E-state index contributed by atoms with van der Waals surface area (Å²) in [6.07, 6.45) is 6.32. The molecule has 0 radical (unpaired) electrons. The average molecular weight is 228 g/mol. The second-order valence-corrected chi connectivity index (χ2v) is 4.53. The minimum absolute atomic E-state index is 0.546. The summed E-state index contributed by atoms with van der Waals surface area (Å²) in [7, 11) is 0. The molecule has 0 spiro atoms. The highest BCUT2D eigenvalue weighted by Gasteiger charge is 2.02. The molecule has 0 aliphatic rings. The number of aryl methyl sites for hydroxylation is 1. The van der Waals surface area contributed by atoms with E-state index < -0.39 is 0 Å². The highest BCUT2D eigenvalue weighted by Crippen LogP contribution is 2.05. The van der Waals surface area contributed by atoms with Gasteiger partial charge in [-0.3, -0.25) is 0 Å². The van der Waals surface area contributed by atoms with Crippen molar-refractivity contribution in [3.8, 4) is 0 Å². The fraction of sp³-hybridized carbons (Fsp3) is 0.333. The Hall–Kier alpha value is -1.54. The number of aromatic nitrogens is 1. The van der Waals surface area contributed by atoms with Crippen LogP contribution in [0.25, 0.3) is 0 Å². The van der Waals surface area contributed by atoms with Gasteiger partial charge in [0.2, 0.25) is 0 Å². The molecule has 0 fully saturated rings. The third-order valence-electron chi connectivity index (χ3n) is 3.03. The van der Waals surface area contributed by atoms with Crippen LogP contribution in [0.15, 0.2) is 48.8 Å². The predicted molar refractivity (Wildman–Crippen MR) is 71.9 cm³/mol. The summed E-state index contributed by atoms with van der Waals surface area (Å²) in [6, 6.07) is 13.3. The van der Waals surface area contributed by atoms with Crippen molar-refractivity contribution in [3.63, 3.8) is 0 Å². The molecule has 0 saturated heterocycles. The quantitative estimate of drug-likeness (QED) is 0.781. The van der Waals surface area contributed by atoms with Crippen LogP contribution in [-0.2, 0) is 13.0 Å². The molecule has 0 amide bonds. The number of hydrogen-bond donors (Lipinski definition) is 2. The molecule has 0 saturated carbocycles. The minimum atomic E-state index is 0.546. The van der Waals surface area contributed by atoms with E-state index in [1.165, 1.54) is 17.5 Å². The number of hydrogen-bond acceptors (Lipinski definition) is 1. The second kappa shape index (κ2) is 6.26. The number of benzene rings is 1. The first kappa shape index (κ1) is 11.9. The number of aromatic amines is 1. The van der Waals surface area contributed by atoms with Crippen LogP contribution in [0.1, 0.15) is 24.5 Å². The Labute approximate surface area is 103 Å². The normalized spacial score (nSPS) is 12.5. The highest BCUT2D eigenvalue weighted by atomic mass is 14.9. The van der Waals surface area contributed by atoms with Crippen molar-refractivity contribution in [3.05, 3.63) is 59.9 Å². The number of nitrogens with one attached hydrogen (secondary N) is 2. The van der Waals surface area contributed by atoms with Crippen molar-refractivity contribution in [1.29, 1.82) is 0 Å². The van der Waals surface area contributed by atoms with E-state index in [4.69, 9.17) is 0 Å². The summed E-state index contributed by atoms with van der Waals surface area (Å²) in [5, 5.41) is 3.54. The van der Waals surface area contributed by atoms with Gasteiger partial charge in [0, 0.05) is 25.0 Å². The molecule has 0 aliphatic heterocycles. The molecule has 2 rings (SSSR count). The lowest BCUT2D eigenvalue weighted by molar-refractivity contribution is 0.514. The van der Waals surface area contributed by atoms with E-state index in [2.05, 4.69) is 53.6 Å². The van der Waals surface area contributed by atoms with Gasteiger partial charge in [0.25, 0.3) is 0 Å². The van der Waals surface area contributed by atoms with E-state index in [1.54, 1.807) is 0 Å². The van der Waals surface area contributed by atoms with Crippen molar-refractivity contribution in [2.24, 2.45) is 0 Å². The third-order valence-corrected chi connectivity index (χ3v) is 3.03. The molecule has 17 heavy (non-hydrogen) atoms. The molecular formula is C15H20N2. The average Bonchev–Trinajstić information content (AvgIpc) is 2.88. The van der Waals surface area contributed by atoms with E-state index >= 15 is 0 Å². The molecule has 2 aromatic rings. The van der Waals surface area contributed by atoms with Gasteiger partial charge in [-0.25, -0.2) is 0 Å². The van der Waals surface area contributed by atoms with Gasteiger partial charge < -0.3 is 10.3 Å². The predicted octanol–water partition coefficient (Wildman–Crippen LogP) is 3.13. The van der Waals surface area contributed by atoms with Crippen LogP contribution in [0.3, 0.4) is 0 Å². The standard InChI is InChI=1S/C15H20N2/c1-13(17-12-15-9-10-16-11-15)7-8-14-5-3-2-4-6-14/h2-6,9-11,13,16-17H,7-8,12H2,1H3. The topological polar surface area (TPSA) is 27.8 Å². The van der Waals surface area contributed by atoms with Gasteiger partial charge >= 0.3 is 0 Å². The lowest BCUT2D eigenvalue weighted by atomic mass is 10.1. The van der Waals surface area contributed by atoms with Crippen molar-refractivity contribution in [2.45, 2.75) is 32.4 Å². The van der Waals surface area contributed by atoms with Crippen LogP contribution in [0.2, 0.25) is 0 Å². The maximum Gasteiger partial charge on any atom is 0.0222 e. The van der Waals surface area contributed by atoms with E-state index in [0.717, 1.165) is 13.0 Å². The van der Waals surface area contributed by atoms with Crippen molar-refractivity contribution in [2.75, 3.05) is 0 Å². The molecule has 2 nitrogen and oxygen atoms in total. The van der Waals surface area contributed by atoms with Crippen LogP contribution >= 0.6 is 0 Å². The monoisotopic (exact) mass is 228 g/mol. The molecule has 1 heterocycles. The van der Waals surface area contributed by atoms with Gasteiger partial charge in [0.1, 0.15) is 0 Å². The Kier molecular flexibility index (Phi) is 4.39. The third kappa shape index (κ3) is 4.08. The van der Waals surface area contributed by atoms with Crippen LogP contribution in [0.5, 0.6) is 0 Å². The summed E-state index contributed by atoms with van der Waals surface area (Å²) >= 11 is 0. The second-order valence-electron chi connectivity index (χ2n) is 4.53. The Morgan fingerprint density at radius 1 is 1.12 bits per heavy atom. The van der Waals surface area contributed by atoms with Gasteiger partial charge in [0.05, 0.1) is 0 Å². The van der Waals surface area contributed by atoms with Crippen LogP contribution < -0.4 is 5.32 Å². The van der Waals surface area contributed by atoms with Crippen LogP contribution in [-0.4, -0.2) is 11.0 Å². The lowest BCUT2D eigenvalue weighted by Gasteiger charge is -2.13. The zero-order valence-corrected chi connectivity index (χ0v) is 10.3. The van der Waals surface area contributed by atoms with Gasteiger partial charge in [0.15, 0.2) is 0 Å². The van der Waals surface area contributed by atoms with E-state index in [9.17, 15) is 0 Å². The number of H-pyrrole nitrogens is 1. The van der Waals surface area contributed by atoms with E-state index in [0.29, 0.717) is 6.04 Å². The van der Waals surface area contributed by atoms with Crippen LogP contribution in [0.4, 0.5) is 0 Å². The Morgan fingerprint density at radius 3 is 2.65 bits per heavy atom. The summed E-state index contributed by atoms with van der Waals surface area (Å²) < 4.78 is 0. The first-order valence-corrected chi connectivity index (χ1v) is 6.23. The van der Waals surface area contributed by atoms with Gasteiger partial charge in [-0.2, -0.15) is 0 Å². The van der Waals surface area contributed by atoms with Gasteiger partial charge in [-0.15, -0.1) is 0 Å². The summed E-state index contributed by atoms with van der Waals surface area (Å²) in [5.74, 6) is 0. The first-order chi connectivity index (χ1) is 8.34. The Morgan fingerprint density at radius 2 is 1.94 bits per heavy atom. The van der Waals surface area contributed by atoms with Crippen molar-refractivity contribution < 1.29 is 0 Å². The van der Waals surface area contributed by atoms with Gasteiger partial charge in [-0.05, 0) is 37.0 Å². The summed E-state index contributed by atoms with van der Waals surface area (Å²) in [5.41, 5.74) is 2.74. The van der Waals surface area contributed by atoms with Gasteiger partial charge in [-0.1, -0.05) is 30.3 Å². The highest BCUT2D eigenvalue weighted by molar-refractivity contribution is 5.14. The fourth-order valence-electron chi connectivity index (χ4n) is 1.89. The Bertz CT molecular complexity index is 406. The molecular weight excluding hydrogens is 208 g/mol. The molecule has 1 unspecified atom stereocenters. The minimum Gasteiger partial charge on any atom is -0.367 e. The smallest absolute Gasteiger partial charge is 0.0222 e. The largest absolute Gasteiger partial charge is 0.367 e. The summed E-state index contributed by atoms with van der Waals surface area (Å²) in [6.45, 7) is 3.19. The van der Waals surface area contributed by atoms with Crippen LogP contribution in [0, 0.1) is 0 Å². The molecule has 90 valence electrons. The zero-order valence-electron chi connectivity index (χ0n) is 10.3. The zero-order chi connectivity index (χ0) is 11.9. The molecule has 2 heteroatoms. The lowest BCUT2D eigenvalue weighted by Crippen LogP contribution is -2.25. The van der Waals surface area contributed by atoms with Crippen molar-refractivity contribution in [1.82, 2.24) is 10.3 Å². The molecule has 1 atom stereocenters. The fourth-order valence-corrected chi connectivity index (χ4v) is 1.89. The number of rotatable bonds is 6. The molecule has 0 bridgehead atoms. The van der Waals surface area contributed by atoms with E-state index in [1.807, 2.05) is 12.4 Å². The SMILES string of the molecule is CC(CCc1ccccc1)NCc1cc[nH]c1. The Balaban J connectivity index is 1.69. The first-order valence-electron chi connectivity index (χ1n) is 6.23. The molecule has 1 aromatic heterocycles. The summed E-state index contributed by atoms with van der Waals surface area (Å²) in [4.78, 5) is 3.07. The molecule has 1 aromatic carbocycles. The maximum absolute atomic E-state index is 3.54.